The number of hydrogen-bond acceptors (Lipinski definition) is 3. The molecule has 0 fully saturated rings. The Morgan fingerprint density at radius 3 is 2.61 bits per heavy atom. The summed E-state index contributed by atoms with van der Waals surface area (Å²) in [5.41, 5.74) is 4.31. The first kappa shape index (κ1) is 16.4. The maximum atomic E-state index is 13.0. The molecule has 0 unspecified atom stereocenters. The molecule has 0 atom stereocenters. The van der Waals surface area contributed by atoms with Crippen LogP contribution in [0, 0.1) is 12.7 Å². The van der Waals surface area contributed by atoms with Crippen molar-refractivity contribution in [2.75, 3.05) is 6.54 Å². The highest BCUT2D eigenvalue weighted by atomic mass is 19.1. The van der Waals surface area contributed by atoms with Gasteiger partial charge in [0.25, 0.3) is 11.8 Å². The summed E-state index contributed by atoms with van der Waals surface area (Å²) in [5, 5.41) is 6.19. The number of aryl methyl sites for hydroxylation is 1. The molecule has 0 heterocycles. The first-order chi connectivity index (χ1) is 11.0. The lowest BCUT2D eigenvalue weighted by Crippen LogP contribution is -2.34. The van der Waals surface area contributed by atoms with Gasteiger partial charge < -0.3 is 5.32 Å². The van der Waals surface area contributed by atoms with E-state index in [-0.39, 0.29) is 18.3 Å². The van der Waals surface area contributed by atoms with Gasteiger partial charge in [0.15, 0.2) is 0 Å². The van der Waals surface area contributed by atoms with E-state index >= 15 is 0 Å². The van der Waals surface area contributed by atoms with E-state index in [1.54, 1.807) is 24.3 Å². The monoisotopic (exact) mass is 313 g/mol. The van der Waals surface area contributed by atoms with Crippen LogP contribution in [0.15, 0.2) is 53.6 Å². The average Bonchev–Trinajstić information content (AvgIpc) is 2.53. The number of hydrogen-bond donors (Lipinski definition) is 2. The summed E-state index contributed by atoms with van der Waals surface area (Å²) in [5.74, 6) is -1.20. The molecule has 0 spiro atoms. The topological polar surface area (TPSA) is 70.6 Å². The number of carbonyl (C=O) groups excluding carboxylic acids is 2. The number of nitrogens with zero attached hydrogens (tertiary/aromatic N) is 1. The van der Waals surface area contributed by atoms with Crippen LogP contribution in [0.1, 0.15) is 21.5 Å². The van der Waals surface area contributed by atoms with Crippen LogP contribution in [0.2, 0.25) is 0 Å². The Morgan fingerprint density at radius 1 is 1.17 bits per heavy atom. The van der Waals surface area contributed by atoms with E-state index in [1.807, 2.05) is 19.1 Å². The van der Waals surface area contributed by atoms with Gasteiger partial charge in [-0.25, -0.2) is 9.82 Å². The van der Waals surface area contributed by atoms with E-state index in [1.165, 1.54) is 18.3 Å². The number of amides is 2. The van der Waals surface area contributed by atoms with Crippen LogP contribution in [0.25, 0.3) is 0 Å². The molecule has 2 rings (SSSR count). The summed E-state index contributed by atoms with van der Waals surface area (Å²) in [7, 11) is 0. The molecule has 118 valence electrons. The van der Waals surface area contributed by atoms with E-state index in [4.69, 9.17) is 0 Å². The molecule has 23 heavy (non-hydrogen) atoms. The van der Waals surface area contributed by atoms with Crippen LogP contribution in [-0.4, -0.2) is 24.6 Å². The van der Waals surface area contributed by atoms with Crippen LogP contribution < -0.4 is 10.7 Å². The van der Waals surface area contributed by atoms with Crippen LogP contribution >= 0.6 is 0 Å². The minimum atomic E-state index is -0.474. The molecular weight excluding hydrogens is 297 g/mol. The third kappa shape index (κ3) is 5.35. The van der Waals surface area contributed by atoms with Crippen molar-refractivity contribution in [1.29, 1.82) is 0 Å². The zero-order valence-corrected chi connectivity index (χ0v) is 12.5. The van der Waals surface area contributed by atoms with Crippen molar-refractivity contribution in [3.63, 3.8) is 0 Å². The van der Waals surface area contributed by atoms with Crippen molar-refractivity contribution in [3.8, 4) is 0 Å². The fraction of sp³-hybridized carbons (Fsp3) is 0.118. The third-order valence-electron chi connectivity index (χ3n) is 2.97. The van der Waals surface area contributed by atoms with Crippen molar-refractivity contribution in [3.05, 3.63) is 71.0 Å². The average molecular weight is 313 g/mol. The Hall–Kier alpha value is -3.02. The SMILES string of the molecule is Cc1ccc(C(=O)NCC(=O)N/N=C\c2cccc(F)c2)cc1. The predicted molar refractivity (Wildman–Crippen MR) is 85.6 cm³/mol. The Bertz CT molecular complexity index is 727. The van der Waals surface area contributed by atoms with E-state index in [0.717, 1.165) is 5.56 Å². The normalized spacial score (nSPS) is 10.5. The van der Waals surface area contributed by atoms with Gasteiger partial charge in [0.05, 0.1) is 12.8 Å². The highest BCUT2D eigenvalue weighted by molar-refractivity contribution is 5.96. The Kier molecular flexibility index (Phi) is 5.57. The van der Waals surface area contributed by atoms with Gasteiger partial charge >= 0.3 is 0 Å². The Balaban J connectivity index is 1.78. The second kappa shape index (κ2) is 7.84. The highest BCUT2D eigenvalue weighted by Gasteiger charge is 2.06. The standard InChI is InChI=1S/C17H16FN3O2/c1-12-5-7-14(8-6-12)17(23)19-11-16(22)21-20-10-13-3-2-4-15(18)9-13/h2-10H,11H2,1H3,(H,19,23)(H,21,22)/b20-10-. The summed E-state index contributed by atoms with van der Waals surface area (Å²) >= 11 is 0. The van der Waals surface area contributed by atoms with Gasteiger partial charge in [-0.2, -0.15) is 5.10 Å². The molecule has 0 aliphatic rings. The fourth-order valence-corrected chi connectivity index (χ4v) is 1.77. The maximum Gasteiger partial charge on any atom is 0.259 e. The minimum absolute atomic E-state index is 0.201. The van der Waals surface area contributed by atoms with E-state index < -0.39 is 5.91 Å². The summed E-state index contributed by atoms with van der Waals surface area (Å²) in [6.07, 6.45) is 1.32. The Morgan fingerprint density at radius 2 is 1.91 bits per heavy atom. The Labute approximate surface area is 133 Å². The molecule has 2 aromatic rings. The van der Waals surface area contributed by atoms with Crippen LogP contribution in [0.3, 0.4) is 0 Å². The first-order valence-corrected chi connectivity index (χ1v) is 6.97. The number of benzene rings is 2. The molecule has 0 radical (unpaired) electrons. The third-order valence-corrected chi connectivity index (χ3v) is 2.97. The second-order valence-electron chi connectivity index (χ2n) is 4.90. The maximum absolute atomic E-state index is 13.0. The highest BCUT2D eigenvalue weighted by Crippen LogP contribution is 2.02. The van der Waals surface area contributed by atoms with Crippen molar-refractivity contribution in [1.82, 2.24) is 10.7 Å². The molecule has 0 aromatic heterocycles. The lowest BCUT2D eigenvalue weighted by Gasteiger charge is -2.04. The lowest BCUT2D eigenvalue weighted by atomic mass is 10.1. The molecule has 0 aliphatic carbocycles. The van der Waals surface area contributed by atoms with Gasteiger partial charge in [-0.1, -0.05) is 29.8 Å². The number of carbonyl (C=O) groups is 2. The first-order valence-electron chi connectivity index (χ1n) is 6.97. The molecule has 2 aromatic carbocycles. The van der Waals surface area contributed by atoms with Crippen LogP contribution in [0.5, 0.6) is 0 Å². The van der Waals surface area contributed by atoms with Crippen molar-refractivity contribution >= 4 is 18.0 Å². The predicted octanol–water partition coefficient (Wildman–Crippen LogP) is 2.01. The van der Waals surface area contributed by atoms with Gasteiger partial charge in [0.2, 0.25) is 0 Å². The van der Waals surface area contributed by atoms with E-state index in [9.17, 15) is 14.0 Å². The summed E-state index contributed by atoms with van der Waals surface area (Å²) in [4.78, 5) is 23.4. The van der Waals surface area contributed by atoms with Crippen molar-refractivity contribution < 1.29 is 14.0 Å². The molecule has 0 aliphatic heterocycles. The zero-order chi connectivity index (χ0) is 16.7. The fourth-order valence-electron chi connectivity index (χ4n) is 1.77. The molecule has 0 saturated heterocycles. The lowest BCUT2D eigenvalue weighted by molar-refractivity contribution is -0.120. The number of hydrazone groups is 1. The second-order valence-corrected chi connectivity index (χ2v) is 4.90. The van der Waals surface area contributed by atoms with Gasteiger partial charge in [0, 0.05) is 5.56 Å². The van der Waals surface area contributed by atoms with Gasteiger partial charge in [-0.3, -0.25) is 9.59 Å². The molecule has 0 saturated carbocycles. The van der Waals surface area contributed by atoms with E-state index in [0.29, 0.717) is 11.1 Å². The summed E-state index contributed by atoms with van der Waals surface area (Å²) < 4.78 is 13.0. The quantitative estimate of drug-likeness (QED) is 0.655. The molecule has 2 N–H and O–H groups in total. The summed E-state index contributed by atoms with van der Waals surface area (Å²) in [6, 6.07) is 12.8. The van der Waals surface area contributed by atoms with Gasteiger partial charge in [-0.15, -0.1) is 0 Å². The molecular formula is C17H16FN3O2. The van der Waals surface area contributed by atoms with Gasteiger partial charge in [-0.05, 0) is 36.8 Å². The largest absolute Gasteiger partial charge is 0.343 e. The molecule has 5 nitrogen and oxygen atoms in total. The smallest absolute Gasteiger partial charge is 0.259 e. The molecule has 6 heteroatoms. The van der Waals surface area contributed by atoms with Crippen molar-refractivity contribution in [2.24, 2.45) is 5.10 Å². The van der Waals surface area contributed by atoms with Crippen LogP contribution in [-0.2, 0) is 4.79 Å². The zero-order valence-electron chi connectivity index (χ0n) is 12.5. The summed E-state index contributed by atoms with van der Waals surface area (Å²) in [6.45, 7) is 1.72. The molecule has 0 bridgehead atoms. The van der Waals surface area contributed by atoms with Crippen LogP contribution in [0.4, 0.5) is 4.39 Å². The molecule has 2 amide bonds. The minimum Gasteiger partial charge on any atom is -0.343 e. The van der Waals surface area contributed by atoms with E-state index in [2.05, 4.69) is 15.8 Å². The number of halogens is 1. The van der Waals surface area contributed by atoms with Crippen molar-refractivity contribution in [2.45, 2.75) is 6.92 Å². The van der Waals surface area contributed by atoms with Gasteiger partial charge in [0.1, 0.15) is 5.82 Å². The number of nitrogens with one attached hydrogen (secondary N) is 2. The number of rotatable bonds is 5.